The number of H-pyrrole nitrogens is 1. The zero-order valence-corrected chi connectivity index (χ0v) is 9.05. The molecule has 0 radical (unpaired) electrons. The van der Waals surface area contributed by atoms with Gasteiger partial charge in [0.05, 0.1) is 11.9 Å². The first-order chi connectivity index (χ1) is 8.25. The summed E-state index contributed by atoms with van der Waals surface area (Å²) in [6.45, 7) is 0.343. The summed E-state index contributed by atoms with van der Waals surface area (Å²) in [6, 6.07) is 3.78. The van der Waals surface area contributed by atoms with Crippen molar-refractivity contribution in [3.05, 3.63) is 36.5 Å². The van der Waals surface area contributed by atoms with E-state index in [1.54, 1.807) is 18.6 Å². The van der Waals surface area contributed by atoms with Crippen LogP contribution >= 0.6 is 0 Å². The van der Waals surface area contributed by atoms with Crippen LogP contribution in [-0.2, 0) is 6.42 Å². The maximum atomic E-state index is 10.3. The lowest BCUT2D eigenvalue weighted by atomic mass is 10.2. The molecule has 2 aromatic heterocycles. The van der Waals surface area contributed by atoms with E-state index in [0.29, 0.717) is 13.0 Å². The second-order valence-electron chi connectivity index (χ2n) is 3.47. The van der Waals surface area contributed by atoms with Crippen LogP contribution in [0.5, 0.6) is 0 Å². The summed E-state index contributed by atoms with van der Waals surface area (Å²) in [6.07, 6.45) is 4.67. The molecule has 0 aliphatic carbocycles. The molecule has 1 amide bonds. The summed E-state index contributed by atoms with van der Waals surface area (Å²) in [5, 5.41) is 10.7. The molecule has 2 heterocycles. The number of rotatable bonds is 4. The summed E-state index contributed by atoms with van der Waals surface area (Å²) in [4.78, 5) is 21.6. The average Bonchev–Trinajstić information content (AvgIpc) is 2.78. The lowest BCUT2D eigenvalue weighted by molar-refractivity contribution is 0.194. The first-order valence-corrected chi connectivity index (χ1v) is 5.17. The van der Waals surface area contributed by atoms with Gasteiger partial charge >= 0.3 is 6.09 Å². The monoisotopic (exact) mass is 232 g/mol. The number of aromatic nitrogens is 3. The summed E-state index contributed by atoms with van der Waals surface area (Å²) in [5.74, 6) is 0.748. The number of hydrogen-bond acceptors (Lipinski definition) is 3. The number of carboxylic acid groups (broad SMARTS) is 1. The molecule has 0 aliphatic rings. The van der Waals surface area contributed by atoms with Crippen molar-refractivity contribution in [2.75, 3.05) is 6.54 Å². The number of hydrogen-bond donors (Lipinski definition) is 3. The van der Waals surface area contributed by atoms with Gasteiger partial charge in [-0.1, -0.05) is 0 Å². The Labute approximate surface area is 97.7 Å². The van der Waals surface area contributed by atoms with Gasteiger partial charge in [0.2, 0.25) is 0 Å². The summed E-state index contributed by atoms with van der Waals surface area (Å²) >= 11 is 0. The van der Waals surface area contributed by atoms with E-state index in [2.05, 4.69) is 20.3 Å². The number of carbonyl (C=O) groups is 1. The second-order valence-corrected chi connectivity index (χ2v) is 3.47. The summed E-state index contributed by atoms with van der Waals surface area (Å²) < 4.78 is 0. The Balaban J connectivity index is 1.99. The highest BCUT2D eigenvalue weighted by atomic mass is 16.4. The molecule has 0 atom stereocenters. The highest BCUT2D eigenvalue weighted by molar-refractivity contribution is 5.64. The smallest absolute Gasteiger partial charge is 0.404 e. The minimum Gasteiger partial charge on any atom is -0.465 e. The minimum absolute atomic E-state index is 0.343. The van der Waals surface area contributed by atoms with Crippen LogP contribution in [0.15, 0.2) is 30.7 Å². The normalized spacial score (nSPS) is 10.1. The van der Waals surface area contributed by atoms with Gasteiger partial charge in [-0.15, -0.1) is 0 Å². The SMILES string of the molecule is O=C(O)NCCc1ncc(-c2cccnc2)[nH]1. The number of pyridine rings is 1. The third-order valence-corrected chi connectivity index (χ3v) is 2.24. The molecule has 0 bridgehead atoms. The zero-order valence-electron chi connectivity index (χ0n) is 9.05. The fourth-order valence-electron chi connectivity index (χ4n) is 1.45. The average molecular weight is 232 g/mol. The van der Waals surface area contributed by atoms with Gasteiger partial charge in [0.25, 0.3) is 0 Å². The Hall–Kier alpha value is -2.37. The molecule has 0 saturated carbocycles. The highest BCUT2D eigenvalue weighted by Gasteiger charge is 2.03. The predicted molar refractivity (Wildman–Crippen MR) is 61.6 cm³/mol. The fourth-order valence-corrected chi connectivity index (χ4v) is 1.45. The van der Waals surface area contributed by atoms with Gasteiger partial charge in [0.1, 0.15) is 5.82 Å². The molecular weight excluding hydrogens is 220 g/mol. The van der Waals surface area contributed by atoms with E-state index < -0.39 is 6.09 Å². The van der Waals surface area contributed by atoms with Crippen molar-refractivity contribution in [2.24, 2.45) is 0 Å². The van der Waals surface area contributed by atoms with Crippen LogP contribution in [0, 0.1) is 0 Å². The van der Waals surface area contributed by atoms with Crippen molar-refractivity contribution in [3.8, 4) is 11.3 Å². The van der Waals surface area contributed by atoms with E-state index in [0.717, 1.165) is 17.1 Å². The quantitative estimate of drug-likeness (QED) is 0.740. The molecular formula is C11H12N4O2. The number of nitrogens with zero attached hydrogens (tertiary/aromatic N) is 2. The first kappa shape index (κ1) is 11.1. The third kappa shape index (κ3) is 3.04. The van der Waals surface area contributed by atoms with Crippen LogP contribution in [0.1, 0.15) is 5.82 Å². The van der Waals surface area contributed by atoms with Crippen LogP contribution in [0.2, 0.25) is 0 Å². The van der Waals surface area contributed by atoms with Gasteiger partial charge in [-0.3, -0.25) is 4.98 Å². The molecule has 0 unspecified atom stereocenters. The summed E-state index contributed by atoms with van der Waals surface area (Å²) in [5.41, 5.74) is 1.83. The van der Waals surface area contributed by atoms with Crippen LogP contribution in [0.25, 0.3) is 11.3 Å². The third-order valence-electron chi connectivity index (χ3n) is 2.24. The minimum atomic E-state index is -1.02. The van der Waals surface area contributed by atoms with Gasteiger partial charge in [0.15, 0.2) is 0 Å². The Kier molecular flexibility index (Phi) is 3.34. The first-order valence-electron chi connectivity index (χ1n) is 5.17. The Morgan fingerprint density at radius 1 is 1.47 bits per heavy atom. The largest absolute Gasteiger partial charge is 0.465 e. The molecule has 2 aromatic rings. The van der Waals surface area contributed by atoms with Gasteiger partial charge < -0.3 is 15.4 Å². The molecule has 0 aliphatic heterocycles. The molecule has 0 fully saturated rings. The van der Waals surface area contributed by atoms with Crippen LogP contribution in [-0.4, -0.2) is 32.7 Å². The van der Waals surface area contributed by atoms with Crippen molar-refractivity contribution >= 4 is 6.09 Å². The van der Waals surface area contributed by atoms with E-state index in [4.69, 9.17) is 5.11 Å². The van der Waals surface area contributed by atoms with Crippen LogP contribution < -0.4 is 5.32 Å². The van der Waals surface area contributed by atoms with Crippen molar-refractivity contribution in [3.63, 3.8) is 0 Å². The molecule has 88 valence electrons. The lowest BCUT2D eigenvalue weighted by Crippen LogP contribution is -2.23. The van der Waals surface area contributed by atoms with Gasteiger partial charge in [-0.25, -0.2) is 9.78 Å². The summed E-state index contributed by atoms with van der Waals surface area (Å²) in [7, 11) is 0. The molecule has 0 saturated heterocycles. The molecule has 6 nitrogen and oxygen atoms in total. The fraction of sp³-hybridized carbons (Fsp3) is 0.182. The standard InChI is InChI=1S/C11H12N4O2/c16-11(17)13-5-3-10-14-7-9(15-10)8-2-1-4-12-6-8/h1-2,4,6-7,13H,3,5H2,(H,14,15)(H,16,17). The maximum Gasteiger partial charge on any atom is 0.404 e. The highest BCUT2D eigenvalue weighted by Crippen LogP contribution is 2.14. The lowest BCUT2D eigenvalue weighted by Gasteiger charge is -1.98. The topological polar surface area (TPSA) is 90.9 Å². The number of aromatic amines is 1. The van der Waals surface area contributed by atoms with E-state index in [-0.39, 0.29) is 0 Å². The molecule has 17 heavy (non-hydrogen) atoms. The maximum absolute atomic E-state index is 10.3. The van der Waals surface area contributed by atoms with Gasteiger partial charge in [0, 0.05) is 30.9 Å². The Morgan fingerprint density at radius 3 is 3.06 bits per heavy atom. The van der Waals surface area contributed by atoms with E-state index in [1.807, 2.05) is 12.1 Å². The Morgan fingerprint density at radius 2 is 2.35 bits per heavy atom. The van der Waals surface area contributed by atoms with E-state index >= 15 is 0 Å². The van der Waals surface area contributed by atoms with Crippen LogP contribution in [0.4, 0.5) is 4.79 Å². The predicted octanol–water partition coefficient (Wildman–Crippen LogP) is 1.28. The zero-order chi connectivity index (χ0) is 12.1. The van der Waals surface area contributed by atoms with Crippen molar-refractivity contribution in [1.82, 2.24) is 20.3 Å². The molecule has 0 spiro atoms. The molecule has 2 rings (SSSR count). The Bertz CT molecular complexity index is 495. The molecule has 3 N–H and O–H groups in total. The number of imidazole rings is 1. The van der Waals surface area contributed by atoms with Gasteiger partial charge in [-0.05, 0) is 12.1 Å². The van der Waals surface area contributed by atoms with Crippen molar-refractivity contribution < 1.29 is 9.90 Å². The van der Waals surface area contributed by atoms with Crippen LogP contribution in [0.3, 0.4) is 0 Å². The number of amides is 1. The van der Waals surface area contributed by atoms with Crippen molar-refractivity contribution in [2.45, 2.75) is 6.42 Å². The van der Waals surface area contributed by atoms with E-state index in [9.17, 15) is 4.79 Å². The van der Waals surface area contributed by atoms with Gasteiger partial charge in [-0.2, -0.15) is 0 Å². The number of nitrogens with one attached hydrogen (secondary N) is 2. The second kappa shape index (κ2) is 5.11. The van der Waals surface area contributed by atoms with Crippen molar-refractivity contribution in [1.29, 1.82) is 0 Å². The van der Waals surface area contributed by atoms with E-state index in [1.165, 1.54) is 0 Å². The molecule has 6 heteroatoms. The molecule has 0 aromatic carbocycles.